The zero-order valence-electron chi connectivity index (χ0n) is 21.6. The number of aliphatic hydroxyl groups is 1. The number of halogens is 2. The van der Waals surface area contributed by atoms with Crippen LogP contribution in [0.5, 0.6) is 0 Å². The molecule has 0 amide bonds. The highest BCUT2D eigenvalue weighted by atomic mass is 19.1. The van der Waals surface area contributed by atoms with Crippen LogP contribution in [0.3, 0.4) is 0 Å². The average Bonchev–Trinajstić information content (AvgIpc) is 2.94. The van der Waals surface area contributed by atoms with Crippen LogP contribution in [0, 0.1) is 11.6 Å². The van der Waals surface area contributed by atoms with Crippen molar-refractivity contribution in [1.82, 2.24) is 14.9 Å². The first-order valence-electron chi connectivity index (χ1n) is 12.9. The number of rotatable bonds is 8. The van der Waals surface area contributed by atoms with E-state index in [2.05, 4.69) is 16.4 Å². The van der Waals surface area contributed by atoms with Crippen LogP contribution < -0.4 is 9.80 Å². The second kappa shape index (κ2) is 11.6. The van der Waals surface area contributed by atoms with Gasteiger partial charge in [0, 0.05) is 55.7 Å². The van der Waals surface area contributed by atoms with Crippen LogP contribution in [0.25, 0.3) is 16.7 Å². The zero-order valence-corrected chi connectivity index (χ0v) is 21.6. The van der Waals surface area contributed by atoms with Crippen LogP contribution in [0.1, 0.15) is 24.1 Å². The van der Waals surface area contributed by atoms with Crippen LogP contribution in [-0.2, 0) is 9.47 Å². The first kappa shape index (κ1) is 26.3. The van der Waals surface area contributed by atoms with Crippen LogP contribution in [0.15, 0.2) is 43.1 Å². The molecule has 1 atom stereocenters. The summed E-state index contributed by atoms with van der Waals surface area (Å²) in [7, 11) is 0. The largest absolute Gasteiger partial charge is 0.395 e. The number of benzene rings is 2. The Labute approximate surface area is 221 Å². The molecule has 3 heterocycles. The fourth-order valence-corrected chi connectivity index (χ4v) is 5.10. The van der Waals surface area contributed by atoms with E-state index in [1.807, 2.05) is 19.1 Å². The summed E-state index contributed by atoms with van der Waals surface area (Å²) < 4.78 is 39.4. The molecule has 2 fully saturated rings. The quantitative estimate of drug-likeness (QED) is 0.478. The van der Waals surface area contributed by atoms with E-state index in [4.69, 9.17) is 19.4 Å². The van der Waals surface area contributed by atoms with Crippen LogP contribution in [0.2, 0.25) is 0 Å². The van der Waals surface area contributed by atoms with Crippen LogP contribution in [0.4, 0.5) is 20.3 Å². The van der Waals surface area contributed by atoms with Gasteiger partial charge in [0.15, 0.2) is 0 Å². The lowest BCUT2D eigenvalue weighted by molar-refractivity contribution is 0.0641. The Kier molecular flexibility index (Phi) is 8.01. The molecule has 5 rings (SSSR count). The third kappa shape index (κ3) is 5.57. The number of fused-ring (bicyclic) bond motifs is 1. The smallest absolute Gasteiger partial charge is 0.148 e. The first-order valence-corrected chi connectivity index (χ1v) is 12.9. The molecular formula is C28H33F2N5O3. The second-order valence-electron chi connectivity index (χ2n) is 9.53. The molecule has 1 unspecified atom stereocenters. The summed E-state index contributed by atoms with van der Waals surface area (Å²) in [5.41, 5.74) is 4.31. The van der Waals surface area contributed by atoms with E-state index in [-0.39, 0.29) is 13.2 Å². The fraction of sp³-hybridized carbons (Fsp3) is 0.429. The van der Waals surface area contributed by atoms with Gasteiger partial charge in [-0.25, -0.2) is 13.8 Å². The summed E-state index contributed by atoms with van der Waals surface area (Å²) in [5.74, 6) is -0.604. The minimum absolute atomic E-state index is 0.177. The number of nitrogens with zero attached hydrogens (tertiary/aromatic N) is 5. The van der Waals surface area contributed by atoms with E-state index in [1.165, 1.54) is 12.1 Å². The van der Waals surface area contributed by atoms with E-state index in [1.54, 1.807) is 11.1 Å². The van der Waals surface area contributed by atoms with Crippen molar-refractivity contribution < 1.29 is 23.4 Å². The number of morpholine rings is 2. The molecule has 1 N–H and O–H groups in total. The van der Waals surface area contributed by atoms with Gasteiger partial charge < -0.3 is 29.3 Å². The maximum absolute atomic E-state index is 14.2. The third-order valence-electron chi connectivity index (χ3n) is 7.16. The number of aromatic nitrogens is 2. The standard InChI is InChI=1S/C28H33F2N5O3/c1-19(33-4-9-37-10-5-33)21-13-25(20(2)35(3-8-36)24-16-22(29)15-23(30)17-24)28-26(14-21)31-18-27(32-28)34-6-11-38-12-7-34/h13-18,20,36H,1,3-12H2,2H3. The molecule has 1 aromatic heterocycles. The zero-order chi connectivity index (χ0) is 26.6. The van der Waals surface area contributed by atoms with Gasteiger partial charge in [-0.3, -0.25) is 4.98 Å². The molecular weight excluding hydrogens is 492 g/mol. The molecule has 202 valence electrons. The number of hydrogen-bond acceptors (Lipinski definition) is 8. The molecule has 2 saturated heterocycles. The Morgan fingerprint density at radius 3 is 2.34 bits per heavy atom. The van der Waals surface area contributed by atoms with Crippen LogP contribution in [-0.4, -0.2) is 85.7 Å². The lowest BCUT2D eigenvalue weighted by Gasteiger charge is -2.34. The molecule has 0 radical (unpaired) electrons. The van der Waals surface area contributed by atoms with Gasteiger partial charge in [0.1, 0.15) is 17.5 Å². The topological polar surface area (TPSA) is 74.2 Å². The molecule has 0 aliphatic carbocycles. The molecule has 8 nitrogen and oxygen atoms in total. The van der Waals surface area contributed by atoms with E-state index in [0.717, 1.165) is 54.9 Å². The Morgan fingerprint density at radius 2 is 1.68 bits per heavy atom. The monoisotopic (exact) mass is 525 g/mol. The average molecular weight is 526 g/mol. The van der Waals surface area contributed by atoms with E-state index >= 15 is 0 Å². The van der Waals surface area contributed by atoms with Crippen molar-refractivity contribution in [3.8, 4) is 0 Å². The number of aliphatic hydroxyl groups excluding tert-OH is 1. The number of ether oxygens (including phenoxy) is 2. The summed E-state index contributed by atoms with van der Waals surface area (Å²) in [5, 5.41) is 9.86. The van der Waals surface area contributed by atoms with E-state index in [0.29, 0.717) is 43.1 Å². The summed E-state index contributed by atoms with van der Waals surface area (Å²) in [6.45, 7) is 11.7. The highest BCUT2D eigenvalue weighted by molar-refractivity contribution is 5.85. The van der Waals surface area contributed by atoms with Crippen molar-refractivity contribution in [3.05, 3.63) is 65.9 Å². The number of hydrogen-bond donors (Lipinski definition) is 1. The van der Waals surface area contributed by atoms with E-state index < -0.39 is 17.7 Å². The molecule has 0 saturated carbocycles. The molecule has 3 aromatic rings. The van der Waals surface area contributed by atoms with Gasteiger partial charge in [0.25, 0.3) is 0 Å². The van der Waals surface area contributed by atoms with Crippen molar-refractivity contribution in [1.29, 1.82) is 0 Å². The lowest BCUT2D eigenvalue weighted by atomic mass is 9.98. The molecule has 0 bridgehead atoms. The van der Waals surface area contributed by atoms with Gasteiger partial charge in [-0.05, 0) is 36.8 Å². The highest BCUT2D eigenvalue weighted by Crippen LogP contribution is 2.35. The SMILES string of the molecule is C=C(c1cc(C(C)N(CCO)c2cc(F)cc(F)c2)c2nc(N3CCOCC3)cnc2c1)N1CCOCC1. The molecule has 38 heavy (non-hydrogen) atoms. The third-order valence-corrected chi connectivity index (χ3v) is 7.16. The Bertz CT molecular complexity index is 1270. The molecule has 2 aliphatic rings. The van der Waals surface area contributed by atoms with E-state index in [9.17, 15) is 13.9 Å². The van der Waals surface area contributed by atoms with Crippen LogP contribution >= 0.6 is 0 Å². The Morgan fingerprint density at radius 1 is 1.03 bits per heavy atom. The molecule has 0 spiro atoms. The summed E-state index contributed by atoms with van der Waals surface area (Å²) in [6, 6.07) is 7.02. The highest BCUT2D eigenvalue weighted by Gasteiger charge is 2.24. The van der Waals surface area contributed by atoms with Gasteiger partial charge in [-0.15, -0.1) is 0 Å². The lowest BCUT2D eigenvalue weighted by Crippen LogP contribution is -2.37. The van der Waals surface area contributed by atoms with Crippen molar-refractivity contribution >= 4 is 28.2 Å². The number of anilines is 2. The maximum atomic E-state index is 14.2. The van der Waals surface area contributed by atoms with Crippen molar-refractivity contribution in [2.24, 2.45) is 0 Å². The molecule has 2 aromatic carbocycles. The van der Waals surface area contributed by atoms with Crippen molar-refractivity contribution in [2.45, 2.75) is 13.0 Å². The van der Waals surface area contributed by atoms with Gasteiger partial charge >= 0.3 is 0 Å². The predicted molar refractivity (Wildman–Crippen MR) is 143 cm³/mol. The van der Waals surface area contributed by atoms with Gasteiger partial charge in [-0.1, -0.05) is 6.58 Å². The van der Waals surface area contributed by atoms with Gasteiger partial charge in [0.05, 0.1) is 56.3 Å². The Hall–Kier alpha value is -3.34. The minimum Gasteiger partial charge on any atom is -0.395 e. The predicted octanol–water partition coefficient (Wildman–Crippen LogP) is 3.61. The second-order valence-corrected chi connectivity index (χ2v) is 9.53. The first-order chi connectivity index (χ1) is 18.4. The van der Waals surface area contributed by atoms with Crippen molar-refractivity contribution in [3.63, 3.8) is 0 Å². The molecule has 2 aliphatic heterocycles. The van der Waals surface area contributed by atoms with Gasteiger partial charge in [0.2, 0.25) is 0 Å². The summed E-state index contributed by atoms with van der Waals surface area (Å²) >= 11 is 0. The van der Waals surface area contributed by atoms with Gasteiger partial charge in [-0.2, -0.15) is 0 Å². The van der Waals surface area contributed by atoms with Crippen molar-refractivity contribution in [2.75, 3.05) is 75.6 Å². The normalized spacial score (nSPS) is 17.1. The minimum atomic E-state index is -0.677. The summed E-state index contributed by atoms with van der Waals surface area (Å²) in [4.78, 5) is 15.9. The Balaban J connectivity index is 1.62. The maximum Gasteiger partial charge on any atom is 0.148 e. The summed E-state index contributed by atoms with van der Waals surface area (Å²) in [6.07, 6.45) is 1.77. The molecule has 10 heteroatoms. The fourth-order valence-electron chi connectivity index (χ4n) is 5.10.